The first kappa shape index (κ1) is 22.7. The van der Waals surface area contributed by atoms with Crippen molar-refractivity contribution < 1.29 is 13.2 Å². The molecule has 1 aliphatic heterocycles. The predicted octanol–water partition coefficient (Wildman–Crippen LogP) is 3.96. The number of benzene rings is 2. The summed E-state index contributed by atoms with van der Waals surface area (Å²) in [6.07, 6.45) is 0.637. The van der Waals surface area contributed by atoms with Gasteiger partial charge in [0.25, 0.3) is 0 Å². The molecule has 0 aliphatic carbocycles. The van der Waals surface area contributed by atoms with E-state index in [1.54, 1.807) is 11.3 Å². The van der Waals surface area contributed by atoms with Gasteiger partial charge in [0.1, 0.15) is 0 Å². The molecule has 1 aliphatic rings. The topological polar surface area (TPSA) is 70.6 Å². The second kappa shape index (κ2) is 9.58. The van der Waals surface area contributed by atoms with Crippen LogP contribution in [0.15, 0.2) is 42.5 Å². The summed E-state index contributed by atoms with van der Waals surface area (Å²) in [6.45, 7) is 6.98. The van der Waals surface area contributed by atoms with Crippen molar-refractivity contribution in [1.82, 2.24) is 9.88 Å². The largest absolute Gasteiger partial charge is 0.345 e. The summed E-state index contributed by atoms with van der Waals surface area (Å²) < 4.78 is 25.9. The fourth-order valence-electron chi connectivity index (χ4n) is 4.15. The van der Waals surface area contributed by atoms with Gasteiger partial charge in [-0.25, -0.2) is 13.4 Å². The SMILES string of the molecule is Cc1cc(C)c2sc(N3CCN(C(=O)CCCS(=O)(=O)Cc4ccccc4)CC3)nc2c1. The molecule has 0 saturated carbocycles. The summed E-state index contributed by atoms with van der Waals surface area (Å²) in [6, 6.07) is 13.5. The van der Waals surface area contributed by atoms with Crippen LogP contribution in [0.2, 0.25) is 0 Å². The molecule has 4 rings (SSSR count). The monoisotopic (exact) mass is 471 g/mol. The third-order valence-electron chi connectivity index (χ3n) is 5.79. The molecular formula is C24H29N3O3S2. The van der Waals surface area contributed by atoms with Crippen molar-refractivity contribution in [2.75, 3.05) is 36.8 Å². The lowest BCUT2D eigenvalue weighted by Crippen LogP contribution is -2.48. The van der Waals surface area contributed by atoms with Gasteiger partial charge in [0.05, 0.1) is 21.7 Å². The minimum atomic E-state index is -3.21. The van der Waals surface area contributed by atoms with E-state index in [1.807, 2.05) is 35.2 Å². The van der Waals surface area contributed by atoms with E-state index in [9.17, 15) is 13.2 Å². The van der Waals surface area contributed by atoms with Crippen molar-refractivity contribution in [3.05, 3.63) is 59.2 Å². The van der Waals surface area contributed by atoms with Gasteiger partial charge in [-0.15, -0.1) is 0 Å². The first-order valence-corrected chi connectivity index (χ1v) is 13.6. The summed E-state index contributed by atoms with van der Waals surface area (Å²) in [4.78, 5) is 21.5. The predicted molar refractivity (Wildman–Crippen MR) is 131 cm³/mol. The van der Waals surface area contributed by atoms with E-state index in [4.69, 9.17) is 4.98 Å². The number of nitrogens with zero attached hydrogens (tertiary/aromatic N) is 3. The lowest BCUT2D eigenvalue weighted by atomic mass is 10.1. The number of aromatic nitrogens is 1. The Kier molecular flexibility index (Phi) is 6.81. The summed E-state index contributed by atoms with van der Waals surface area (Å²) in [5.41, 5.74) is 4.29. The van der Waals surface area contributed by atoms with Crippen LogP contribution in [0.25, 0.3) is 10.2 Å². The van der Waals surface area contributed by atoms with Crippen molar-refractivity contribution in [1.29, 1.82) is 0 Å². The zero-order valence-corrected chi connectivity index (χ0v) is 20.2. The Bertz CT molecular complexity index is 1200. The molecule has 6 nitrogen and oxygen atoms in total. The van der Waals surface area contributed by atoms with Crippen LogP contribution in [0.4, 0.5) is 5.13 Å². The van der Waals surface area contributed by atoms with Gasteiger partial charge in [0.2, 0.25) is 5.91 Å². The average molecular weight is 472 g/mol. The number of amides is 1. The van der Waals surface area contributed by atoms with Gasteiger partial charge in [0.15, 0.2) is 15.0 Å². The van der Waals surface area contributed by atoms with Gasteiger partial charge in [-0.2, -0.15) is 0 Å². The smallest absolute Gasteiger partial charge is 0.222 e. The van der Waals surface area contributed by atoms with Crippen LogP contribution in [0, 0.1) is 13.8 Å². The maximum absolute atomic E-state index is 12.6. The number of hydrogen-bond acceptors (Lipinski definition) is 6. The van der Waals surface area contributed by atoms with Crippen molar-refractivity contribution in [2.45, 2.75) is 32.4 Å². The van der Waals surface area contributed by atoms with Crippen molar-refractivity contribution >= 4 is 42.4 Å². The van der Waals surface area contributed by atoms with Crippen LogP contribution in [-0.2, 0) is 20.4 Å². The fraction of sp³-hybridized carbons (Fsp3) is 0.417. The Balaban J connectivity index is 1.26. The highest BCUT2D eigenvalue weighted by Crippen LogP contribution is 2.32. The first-order chi connectivity index (χ1) is 15.3. The normalized spacial score (nSPS) is 14.8. The van der Waals surface area contributed by atoms with Crippen LogP contribution >= 0.6 is 11.3 Å². The number of carbonyl (C=O) groups is 1. The minimum absolute atomic E-state index is 0.0296. The Morgan fingerprint density at radius 2 is 1.78 bits per heavy atom. The molecule has 1 saturated heterocycles. The molecule has 0 radical (unpaired) electrons. The van der Waals surface area contributed by atoms with Gasteiger partial charge >= 0.3 is 0 Å². The minimum Gasteiger partial charge on any atom is -0.345 e. The van der Waals surface area contributed by atoms with Gasteiger partial charge in [0, 0.05) is 32.6 Å². The molecule has 32 heavy (non-hydrogen) atoms. The van der Waals surface area contributed by atoms with Gasteiger partial charge in [-0.3, -0.25) is 4.79 Å². The van der Waals surface area contributed by atoms with Crippen LogP contribution < -0.4 is 4.90 Å². The lowest BCUT2D eigenvalue weighted by Gasteiger charge is -2.34. The second-order valence-corrected chi connectivity index (χ2v) is 11.6. The Labute approximate surface area is 193 Å². The molecule has 8 heteroatoms. The van der Waals surface area contributed by atoms with Crippen molar-refractivity contribution in [3.63, 3.8) is 0 Å². The lowest BCUT2D eigenvalue weighted by molar-refractivity contribution is -0.131. The zero-order valence-electron chi connectivity index (χ0n) is 18.6. The molecule has 0 unspecified atom stereocenters. The maximum atomic E-state index is 12.6. The average Bonchev–Trinajstić information content (AvgIpc) is 3.18. The summed E-state index contributed by atoms with van der Waals surface area (Å²) in [7, 11) is -3.21. The molecule has 0 spiro atoms. The number of piperazine rings is 1. The number of carbonyl (C=O) groups excluding carboxylic acids is 1. The molecule has 0 bridgehead atoms. The molecular weight excluding hydrogens is 442 g/mol. The van der Waals surface area contributed by atoms with Crippen LogP contribution in [0.5, 0.6) is 0 Å². The molecule has 2 heterocycles. The first-order valence-electron chi connectivity index (χ1n) is 11.0. The van der Waals surface area contributed by atoms with E-state index in [0.29, 0.717) is 19.5 Å². The molecule has 1 amide bonds. The second-order valence-electron chi connectivity index (χ2n) is 8.48. The molecule has 170 valence electrons. The van der Waals surface area contributed by atoms with Crippen LogP contribution in [0.1, 0.15) is 29.5 Å². The number of anilines is 1. The van der Waals surface area contributed by atoms with Gasteiger partial charge < -0.3 is 9.80 Å². The molecule has 1 fully saturated rings. The van der Waals surface area contributed by atoms with Gasteiger partial charge in [-0.1, -0.05) is 47.7 Å². The molecule has 3 aromatic rings. The summed E-state index contributed by atoms with van der Waals surface area (Å²) in [5.74, 6) is 0.107. The number of fused-ring (bicyclic) bond motifs is 1. The Morgan fingerprint density at radius 3 is 2.50 bits per heavy atom. The van der Waals surface area contributed by atoms with Crippen molar-refractivity contribution in [3.8, 4) is 0 Å². The quantitative estimate of drug-likeness (QED) is 0.522. The molecule has 0 atom stereocenters. The van der Waals surface area contributed by atoms with Gasteiger partial charge in [-0.05, 0) is 43.0 Å². The highest BCUT2D eigenvalue weighted by atomic mass is 32.2. The van der Waals surface area contributed by atoms with E-state index in [2.05, 4.69) is 30.9 Å². The third kappa shape index (κ3) is 5.48. The maximum Gasteiger partial charge on any atom is 0.222 e. The van der Waals surface area contributed by atoms with E-state index >= 15 is 0 Å². The zero-order chi connectivity index (χ0) is 22.7. The number of thiazole rings is 1. The number of rotatable bonds is 7. The highest BCUT2D eigenvalue weighted by molar-refractivity contribution is 7.90. The number of sulfone groups is 1. The van der Waals surface area contributed by atoms with Crippen molar-refractivity contribution in [2.24, 2.45) is 0 Å². The third-order valence-corrected chi connectivity index (χ3v) is 8.74. The molecule has 2 aromatic carbocycles. The highest BCUT2D eigenvalue weighted by Gasteiger charge is 2.23. The van der Waals surface area contributed by atoms with Crippen LogP contribution in [0.3, 0.4) is 0 Å². The summed E-state index contributed by atoms with van der Waals surface area (Å²) >= 11 is 1.71. The number of hydrogen-bond donors (Lipinski definition) is 0. The molecule has 0 N–H and O–H groups in total. The van der Waals surface area contributed by atoms with Crippen LogP contribution in [-0.4, -0.2) is 56.1 Å². The Hall–Kier alpha value is -2.45. The Morgan fingerprint density at radius 1 is 1.06 bits per heavy atom. The van der Waals surface area contributed by atoms with E-state index in [-0.39, 0.29) is 23.8 Å². The fourth-order valence-corrected chi connectivity index (χ4v) is 6.65. The van der Waals surface area contributed by atoms with E-state index in [1.165, 1.54) is 15.8 Å². The van der Waals surface area contributed by atoms with E-state index < -0.39 is 9.84 Å². The van der Waals surface area contributed by atoms with E-state index in [0.717, 1.165) is 29.3 Å². The number of aryl methyl sites for hydroxylation is 2. The standard InChI is InChI=1S/C24H29N3O3S2/c1-18-15-19(2)23-21(16-18)25-24(31-23)27-12-10-26(11-13-27)22(28)9-6-14-32(29,30)17-20-7-4-3-5-8-20/h3-5,7-8,15-16H,6,9-14,17H2,1-2H3. The molecule has 1 aromatic heterocycles. The summed E-state index contributed by atoms with van der Waals surface area (Å²) in [5, 5.41) is 1.01.